The zero-order valence-electron chi connectivity index (χ0n) is 11.0. The number of carbonyl (C=O) groups excluding carboxylic acids is 1. The molecule has 2 nitrogen and oxygen atoms in total. The van der Waals surface area contributed by atoms with Gasteiger partial charge in [0.05, 0.1) is 6.04 Å². The quantitative estimate of drug-likeness (QED) is 0.859. The number of hydrogen-bond acceptors (Lipinski definition) is 1. The van der Waals surface area contributed by atoms with Crippen molar-refractivity contribution in [2.75, 3.05) is 0 Å². The lowest BCUT2D eigenvalue weighted by atomic mass is 10.1. The zero-order chi connectivity index (χ0) is 15.6. The van der Waals surface area contributed by atoms with Crippen molar-refractivity contribution in [2.45, 2.75) is 13.0 Å². The van der Waals surface area contributed by atoms with E-state index in [0.717, 1.165) is 24.3 Å². The Balaban J connectivity index is 2.16. The second kappa shape index (κ2) is 5.95. The summed E-state index contributed by atoms with van der Waals surface area (Å²) >= 11 is 0. The lowest BCUT2D eigenvalue weighted by Gasteiger charge is -2.14. The van der Waals surface area contributed by atoms with Crippen molar-refractivity contribution in [3.63, 3.8) is 0 Å². The Labute approximate surface area is 118 Å². The first-order valence-electron chi connectivity index (χ1n) is 6.08. The molecule has 0 aromatic heterocycles. The summed E-state index contributed by atoms with van der Waals surface area (Å²) in [6.45, 7) is 1.54. The fourth-order valence-electron chi connectivity index (χ4n) is 1.83. The summed E-state index contributed by atoms with van der Waals surface area (Å²) < 4.78 is 52.0. The first kappa shape index (κ1) is 15.0. The van der Waals surface area contributed by atoms with Crippen molar-refractivity contribution in [3.8, 4) is 0 Å². The maximum atomic E-state index is 13.1. The van der Waals surface area contributed by atoms with E-state index in [-0.39, 0.29) is 5.56 Å². The molecule has 1 N–H and O–H groups in total. The lowest BCUT2D eigenvalue weighted by Crippen LogP contribution is -2.27. The Kier molecular flexibility index (Phi) is 4.26. The van der Waals surface area contributed by atoms with E-state index in [2.05, 4.69) is 5.32 Å². The zero-order valence-corrected chi connectivity index (χ0v) is 11.0. The molecule has 0 aliphatic carbocycles. The van der Waals surface area contributed by atoms with Gasteiger partial charge in [0.25, 0.3) is 5.91 Å². The second-order valence-electron chi connectivity index (χ2n) is 4.53. The smallest absolute Gasteiger partial charge is 0.251 e. The first-order valence-corrected chi connectivity index (χ1v) is 6.08. The van der Waals surface area contributed by atoms with Gasteiger partial charge in [0, 0.05) is 11.6 Å². The molecule has 21 heavy (non-hydrogen) atoms. The number of hydrogen-bond donors (Lipinski definition) is 1. The maximum Gasteiger partial charge on any atom is 0.251 e. The molecule has 0 bridgehead atoms. The number of halogens is 4. The van der Waals surface area contributed by atoms with Crippen LogP contribution in [0.1, 0.15) is 28.9 Å². The highest BCUT2D eigenvalue weighted by Crippen LogP contribution is 2.17. The topological polar surface area (TPSA) is 29.1 Å². The Morgan fingerprint density at radius 3 is 2.14 bits per heavy atom. The van der Waals surface area contributed by atoms with E-state index in [0.29, 0.717) is 11.6 Å². The van der Waals surface area contributed by atoms with Crippen molar-refractivity contribution >= 4 is 5.91 Å². The number of benzene rings is 2. The van der Waals surface area contributed by atoms with Gasteiger partial charge >= 0.3 is 0 Å². The van der Waals surface area contributed by atoms with Crippen molar-refractivity contribution in [1.82, 2.24) is 5.32 Å². The summed E-state index contributed by atoms with van der Waals surface area (Å²) in [5.41, 5.74) is 0.140. The molecule has 0 aliphatic rings. The minimum atomic E-state index is -1.04. The van der Waals surface area contributed by atoms with E-state index in [1.807, 2.05) is 0 Å². The molecule has 110 valence electrons. The Morgan fingerprint density at radius 1 is 0.952 bits per heavy atom. The molecule has 1 amide bonds. The van der Waals surface area contributed by atoms with E-state index in [4.69, 9.17) is 0 Å². The van der Waals surface area contributed by atoms with Gasteiger partial charge in [-0.2, -0.15) is 0 Å². The molecule has 2 rings (SSSR count). The second-order valence-corrected chi connectivity index (χ2v) is 4.53. The molecule has 6 heteroatoms. The van der Waals surface area contributed by atoms with Crippen LogP contribution in [0.5, 0.6) is 0 Å². The predicted octanol–water partition coefficient (Wildman–Crippen LogP) is 3.73. The van der Waals surface area contributed by atoms with Gasteiger partial charge in [0.15, 0.2) is 11.6 Å². The van der Waals surface area contributed by atoms with Crippen LogP contribution < -0.4 is 5.32 Å². The van der Waals surface area contributed by atoms with Crippen LogP contribution in [-0.4, -0.2) is 5.91 Å². The van der Waals surface area contributed by atoms with Gasteiger partial charge in [-0.3, -0.25) is 4.79 Å². The van der Waals surface area contributed by atoms with Crippen molar-refractivity contribution in [3.05, 3.63) is 70.8 Å². The Morgan fingerprint density at radius 2 is 1.57 bits per heavy atom. The molecule has 0 radical (unpaired) electrons. The number of nitrogens with one attached hydrogen (secondary N) is 1. The summed E-state index contributed by atoms with van der Waals surface area (Å²) in [5.74, 6) is -4.50. The van der Waals surface area contributed by atoms with E-state index in [9.17, 15) is 22.4 Å². The van der Waals surface area contributed by atoms with Gasteiger partial charge in [-0.25, -0.2) is 17.6 Å². The molecule has 0 aliphatic heterocycles. The Hall–Kier alpha value is -2.37. The summed E-state index contributed by atoms with van der Waals surface area (Å²) in [7, 11) is 0. The van der Waals surface area contributed by atoms with Gasteiger partial charge in [-0.15, -0.1) is 0 Å². The molecule has 0 unspecified atom stereocenters. The molecule has 2 aromatic rings. The highest BCUT2D eigenvalue weighted by molar-refractivity contribution is 5.94. The van der Waals surface area contributed by atoms with Gasteiger partial charge in [0.2, 0.25) is 0 Å². The van der Waals surface area contributed by atoms with Crippen LogP contribution >= 0.6 is 0 Å². The summed E-state index contributed by atoms with van der Waals surface area (Å²) in [4.78, 5) is 11.9. The van der Waals surface area contributed by atoms with E-state index >= 15 is 0 Å². The van der Waals surface area contributed by atoms with E-state index in [1.165, 1.54) is 6.07 Å². The fraction of sp³-hybridized carbons (Fsp3) is 0.133. The van der Waals surface area contributed by atoms with Crippen LogP contribution in [0.2, 0.25) is 0 Å². The highest BCUT2D eigenvalue weighted by Gasteiger charge is 2.14. The van der Waals surface area contributed by atoms with Crippen LogP contribution in [-0.2, 0) is 0 Å². The lowest BCUT2D eigenvalue weighted by molar-refractivity contribution is 0.0939. The predicted molar refractivity (Wildman–Crippen MR) is 68.6 cm³/mol. The number of carbonyl (C=O) groups is 1. The molecule has 2 aromatic carbocycles. The molecule has 1 atom stereocenters. The SMILES string of the molecule is C[C@H](NC(=O)c1cc(F)cc(F)c1)c1ccc(F)c(F)c1. The van der Waals surface area contributed by atoms with E-state index < -0.39 is 35.2 Å². The van der Waals surface area contributed by atoms with Crippen LogP contribution in [0.4, 0.5) is 17.6 Å². The van der Waals surface area contributed by atoms with Crippen molar-refractivity contribution in [2.24, 2.45) is 0 Å². The van der Waals surface area contributed by atoms with Crippen molar-refractivity contribution in [1.29, 1.82) is 0 Å². The molecule has 0 saturated heterocycles. The average molecular weight is 297 g/mol. The highest BCUT2D eigenvalue weighted by atomic mass is 19.2. The van der Waals surface area contributed by atoms with Crippen LogP contribution in [0.15, 0.2) is 36.4 Å². The van der Waals surface area contributed by atoms with E-state index in [1.54, 1.807) is 6.92 Å². The van der Waals surface area contributed by atoms with Gasteiger partial charge in [-0.05, 0) is 36.8 Å². The number of amides is 1. The third kappa shape index (κ3) is 3.59. The molecule has 0 heterocycles. The van der Waals surface area contributed by atoms with Gasteiger partial charge < -0.3 is 5.32 Å². The maximum absolute atomic E-state index is 13.1. The fourth-order valence-corrected chi connectivity index (χ4v) is 1.83. The normalized spacial score (nSPS) is 12.0. The van der Waals surface area contributed by atoms with Crippen LogP contribution in [0, 0.1) is 23.3 Å². The molecular formula is C15H11F4NO. The molecule has 0 saturated carbocycles. The summed E-state index contributed by atoms with van der Waals surface area (Å²) in [6, 6.07) is 4.97. The van der Waals surface area contributed by atoms with Gasteiger partial charge in [-0.1, -0.05) is 6.07 Å². The minimum absolute atomic E-state index is 0.193. The number of rotatable bonds is 3. The average Bonchev–Trinajstić information content (AvgIpc) is 2.40. The minimum Gasteiger partial charge on any atom is -0.346 e. The first-order chi connectivity index (χ1) is 9.86. The molecular weight excluding hydrogens is 286 g/mol. The molecule has 0 fully saturated rings. The monoisotopic (exact) mass is 297 g/mol. The summed E-state index contributed by atoms with van der Waals surface area (Å²) in [5, 5.41) is 2.45. The summed E-state index contributed by atoms with van der Waals surface area (Å²) in [6.07, 6.45) is 0. The molecule has 0 spiro atoms. The van der Waals surface area contributed by atoms with Crippen LogP contribution in [0.3, 0.4) is 0 Å². The third-order valence-corrected chi connectivity index (χ3v) is 2.92. The van der Waals surface area contributed by atoms with Crippen molar-refractivity contribution < 1.29 is 22.4 Å². The largest absolute Gasteiger partial charge is 0.346 e. The Bertz CT molecular complexity index is 667. The standard InChI is InChI=1S/C15H11F4NO/c1-8(9-2-3-13(18)14(19)6-9)20-15(21)10-4-11(16)7-12(17)5-10/h2-8H,1H3,(H,20,21)/t8-/m0/s1. The van der Waals surface area contributed by atoms with Crippen LogP contribution in [0.25, 0.3) is 0 Å². The van der Waals surface area contributed by atoms with Gasteiger partial charge in [0.1, 0.15) is 11.6 Å². The third-order valence-electron chi connectivity index (χ3n) is 2.92.